The molecule has 0 saturated carbocycles. The van der Waals surface area contributed by atoms with Gasteiger partial charge in [-0.05, 0) is 23.8 Å². The van der Waals surface area contributed by atoms with Gasteiger partial charge in [-0.25, -0.2) is 12.8 Å². The molecule has 0 aliphatic rings. The standard InChI is InChI=1S/C13H15FN2O3S/c1-16(8-10-3-2-4-11(14)5-10)20(18,19)13-6-12(9-17)15-7-13/h2-7,15,17H,8-9H2,1H3. The molecule has 1 aromatic carbocycles. The molecular formula is C13H15FN2O3S. The molecule has 7 heteroatoms. The summed E-state index contributed by atoms with van der Waals surface area (Å²) in [7, 11) is -2.25. The van der Waals surface area contributed by atoms with Crippen molar-refractivity contribution in [1.29, 1.82) is 0 Å². The van der Waals surface area contributed by atoms with Crippen LogP contribution in [0.4, 0.5) is 4.39 Å². The zero-order valence-electron chi connectivity index (χ0n) is 10.9. The maximum atomic E-state index is 13.1. The summed E-state index contributed by atoms with van der Waals surface area (Å²) in [6, 6.07) is 7.16. The first-order valence-electron chi connectivity index (χ1n) is 5.92. The van der Waals surface area contributed by atoms with Crippen LogP contribution in [-0.4, -0.2) is 29.9 Å². The molecule has 5 nitrogen and oxygen atoms in total. The van der Waals surface area contributed by atoms with Crippen LogP contribution in [0.1, 0.15) is 11.3 Å². The van der Waals surface area contributed by atoms with Crippen molar-refractivity contribution >= 4 is 10.0 Å². The number of hydrogen-bond donors (Lipinski definition) is 2. The molecular weight excluding hydrogens is 283 g/mol. The highest BCUT2D eigenvalue weighted by atomic mass is 32.2. The zero-order chi connectivity index (χ0) is 14.8. The largest absolute Gasteiger partial charge is 0.390 e. The fraction of sp³-hybridized carbons (Fsp3) is 0.231. The van der Waals surface area contributed by atoms with Crippen LogP contribution in [0.5, 0.6) is 0 Å². The molecule has 20 heavy (non-hydrogen) atoms. The second kappa shape index (κ2) is 5.74. The minimum atomic E-state index is -3.67. The number of aromatic nitrogens is 1. The van der Waals surface area contributed by atoms with Gasteiger partial charge in [0.2, 0.25) is 10.0 Å². The predicted molar refractivity (Wildman–Crippen MR) is 71.8 cm³/mol. The third-order valence-electron chi connectivity index (χ3n) is 2.89. The van der Waals surface area contributed by atoms with Crippen molar-refractivity contribution in [3.8, 4) is 0 Å². The van der Waals surface area contributed by atoms with E-state index in [1.807, 2.05) is 0 Å². The number of aliphatic hydroxyl groups excluding tert-OH is 1. The Balaban J connectivity index is 2.21. The topological polar surface area (TPSA) is 73.4 Å². The molecule has 0 fully saturated rings. The summed E-state index contributed by atoms with van der Waals surface area (Å²) in [4.78, 5) is 2.74. The molecule has 0 aliphatic carbocycles. The van der Waals surface area contributed by atoms with Gasteiger partial charge >= 0.3 is 0 Å². The summed E-state index contributed by atoms with van der Waals surface area (Å²) < 4.78 is 38.8. The number of aliphatic hydroxyl groups is 1. The van der Waals surface area contributed by atoms with Crippen molar-refractivity contribution in [1.82, 2.24) is 9.29 Å². The number of hydrogen-bond acceptors (Lipinski definition) is 3. The number of aromatic amines is 1. The minimum Gasteiger partial charge on any atom is -0.390 e. The van der Waals surface area contributed by atoms with Crippen molar-refractivity contribution < 1.29 is 17.9 Å². The van der Waals surface area contributed by atoms with E-state index in [1.54, 1.807) is 6.07 Å². The molecule has 0 amide bonds. The van der Waals surface area contributed by atoms with Crippen LogP contribution in [0.15, 0.2) is 41.4 Å². The van der Waals surface area contributed by atoms with E-state index in [9.17, 15) is 12.8 Å². The number of benzene rings is 1. The zero-order valence-corrected chi connectivity index (χ0v) is 11.7. The van der Waals surface area contributed by atoms with E-state index in [-0.39, 0.29) is 18.0 Å². The van der Waals surface area contributed by atoms with Gasteiger partial charge in [-0.2, -0.15) is 4.31 Å². The smallest absolute Gasteiger partial charge is 0.244 e. The third kappa shape index (κ3) is 3.06. The maximum absolute atomic E-state index is 13.1. The van der Waals surface area contributed by atoms with E-state index >= 15 is 0 Å². The maximum Gasteiger partial charge on any atom is 0.244 e. The lowest BCUT2D eigenvalue weighted by Crippen LogP contribution is -2.26. The van der Waals surface area contributed by atoms with Crippen LogP contribution in [0, 0.1) is 5.82 Å². The molecule has 1 aromatic heterocycles. The Hall–Kier alpha value is -1.70. The van der Waals surface area contributed by atoms with Crippen molar-refractivity contribution in [3.05, 3.63) is 53.6 Å². The van der Waals surface area contributed by atoms with Crippen molar-refractivity contribution in [3.63, 3.8) is 0 Å². The monoisotopic (exact) mass is 298 g/mol. The van der Waals surface area contributed by atoms with Crippen LogP contribution in [0.3, 0.4) is 0 Å². The van der Waals surface area contributed by atoms with Crippen LogP contribution in [0.25, 0.3) is 0 Å². The first-order chi connectivity index (χ1) is 9.43. The second-order valence-corrected chi connectivity index (χ2v) is 6.45. The van der Waals surface area contributed by atoms with Gasteiger partial charge in [0.05, 0.1) is 11.5 Å². The van der Waals surface area contributed by atoms with Crippen LogP contribution in [-0.2, 0) is 23.2 Å². The van der Waals surface area contributed by atoms with Crippen molar-refractivity contribution in [2.45, 2.75) is 18.0 Å². The van der Waals surface area contributed by atoms with Crippen LogP contribution in [0.2, 0.25) is 0 Å². The molecule has 2 N–H and O–H groups in total. The Labute approximate surface area is 116 Å². The second-order valence-electron chi connectivity index (χ2n) is 4.41. The number of sulfonamides is 1. The first-order valence-corrected chi connectivity index (χ1v) is 7.36. The predicted octanol–water partition coefficient (Wildman–Crippen LogP) is 1.47. The SMILES string of the molecule is CN(Cc1cccc(F)c1)S(=O)(=O)c1c[nH]c(CO)c1. The highest BCUT2D eigenvalue weighted by molar-refractivity contribution is 7.89. The van der Waals surface area contributed by atoms with E-state index in [2.05, 4.69) is 4.98 Å². The molecule has 108 valence electrons. The van der Waals surface area contributed by atoms with Gasteiger partial charge in [0.1, 0.15) is 5.82 Å². The number of nitrogens with one attached hydrogen (secondary N) is 1. The van der Waals surface area contributed by atoms with E-state index in [4.69, 9.17) is 5.11 Å². The molecule has 0 spiro atoms. The van der Waals surface area contributed by atoms with Gasteiger partial charge in [0, 0.05) is 25.5 Å². The number of halogens is 1. The van der Waals surface area contributed by atoms with Crippen molar-refractivity contribution in [2.75, 3.05) is 7.05 Å². The third-order valence-corrected chi connectivity index (χ3v) is 4.67. The van der Waals surface area contributed by atoms with Crippen LogP contribution < -0.4 is 0 Å². The van der Waals surface area contributed by atoms with Gasteiger partial charge in [-0.3, -0.25) is 0 Å². The number of H-pyrrole nitrogens is 1. The van der Waals surface area contributed by atoms with Gasteiger partial charge in [0.25, 0.3) is 0 Å². The van der Waals surface area contributed by atoms with Gasteiger partial charge in [-0.1, -0.05) is 12.1 Å². The minimum absolute atomic E-state index is 0.0692. The number of rotatable bonds is 5. The average Bonchev–Trinajstić information content (AvgIpc) is 2.88. The van der Waals surface area contributed by atoms with Gasteiger partial charge in [0.15, 0.2) is 0 Å². The van der Waals surface area contributed by atoms with E-state index in [0.29, 0.717) is 11.3 Å². The highest BCUT2D eigenvalue weighted by Crippen LogP contribution is 2.18. The summed E-state index contributed by atoms with van der Waals surface area (Å²) in [5.41, 5.74) is 0.983. The quantitative estimate of drug-likeness (QED) is 0.878. The first kappa shape index (κ1) is 14.7. The molecule has 1 heterocycles. The summed E-state index contributed by atoms with van der Waals surface area (Å²) in [5.74, 6) is -0.405. The molecule has 0 saturated heterocycles. The Morgan fingerprint density at radius 2 is 2.10 bits per heavy atom. The molecule has 0 bridgehead atoms. The molecule has 2 rings (SSSR count). The molecule has 0 unspecified atom stereocenters. The summed E-state index contributed by atoms with van der Waals surface area (Å²) >= 11 is 0. The average molecular weight is 298 g/mol. The van der Waals surface area contributed by atoms with E-state index in [1.165, 1.54) is 37.5 Å². The highest BCUT2D eigenvalue weighted by Gasteiger charge is 2.22. The Morgan fingerprint density at radius 1 is 1.35 bits per heavy atom. The van der Waals surface area contributed by atoms with Crippen molar-refractivity contribution in [2.24, 2.45) is 0 Å². The van der Waals surface area contributed by atoms with Gasteiger partial charge < -0.3 is 10.1 Å². The van der Waals surface area contributed by atoms with Crippen LogP contribution >= 0.6 is 0 Å². The lowest BCUT2D eigenvalue weighted by molar-refractivity contribution is 0.277. The van der Waals surface area contributed by atoms with Gasteiger partial charge in [-0.15, -0.1) is 0 Å². The Bertz CT molecular complexity index is 697. The fourth-order valence-electron chi connectivity index (χ4n) is 1.82. The van der Waals surface area contributed by atoms with E-state index < -0.39 is 15.8 Å². The Kier molecular flexibility index (Phi) is 4.22. The molecule has 0 aliphatic heterocycles. The lowest BCUT2D eigenvalue weighted by Gasteiger charge is -2.16. The molecule has 2 aromatic rings. The van der Waals surface area contributed by atoms with E-state index in [0.717, 1.165) is 4.31 Å². The normalized spacial score (nSPS) is 12.0. The fourth-order valence-corrected chi connectivity index (χ4v) is 2.99. The molecule has 0 atom stereocenters. The summed E-state index contributed by atoms with van der Waals surface area (Å²) in [6.45, 7) is -0.192. The summed E-state index contributed by atoms with van der Waals surface area (Å²) in [5, 5.41) is 8.94. The Morgan fingerprint density at radius 3 is 2.70 bits per heavy atom. The summed E-state index contributed by atoms with van der Waals surface area (Å²) in [6.07, 6.45) is 1.32. The number of nitrogens with zero attached hydrogens (tertiary/aromatic N) is 1. The lowest BCUT2D eigenvalue weighted by atomic mass is 10.2. The molecule has 0 radical (unpaired) electrons.